The van der Waals surface area contributed by atoms with E-state index in [2.05, 4.69) is 25.4 Å². The number of imidazole rings is 1. The second-order valence-electron chi connectivity index (χ2n) is 6.94. The largest absolute Gasteiger partial charge is 0.339 e. The number of carbonyl (C=O) groups excluding carboxylic acids is 1. The van der Waals surface area contributed by atoms with E-state index in [0.29, 0.717) is 28.9 Å². The number of aromatic nitrogens is 4. The van der Waals surface area contributed by atoms with Crippen LogP contribution in [0.2, 0.25) is 5.02 Å². The number of H-pyrrole nitrogens is 1. The van der Waals surface area contributed by atoms with Crippen LogP contribution in [0.4, 0.5) is 5.69 Å². The number of carbonyl (C=O) groups is 1. The van der Waals surface area contributed by atoms with Crippen LogP contribution in [-0.2, 0) is 17.0 Å². The molecule has 0 atom stereocenters. The molecule has 2 N–H and O–H groups in total. The summed E-state index contributed by atoms with van der Waals surface area (Å²) in [5.74, 6) is 1.42. The SMILES string of the molecule is Cc1ccc(NC(=O)CCc2nc(CSc3nc4ccc(Cl)cc4[nH]3)no2)cc1C. The van der Waals surface area contributed by atoms with Gasteiger partial charge in [0.25, 0.3) is 0 Å². The molecule has 1 amide bonds. The van der Waals surface area contributed by atoms with Crippen molar-refractivity contribution in [3.8, 4) is 0 Å². The maximum Gasteiger partial charge on any atom is 0.227 e. The lowest BCUT2D eigenvalue weighted by molar-refractivity contribution is -0.116. The molecule has 154 valence electrons. The second-order valence-corrected chi connectivity index (χ2v) is 8.34. The van der Waals surface area contributed by atoms with Gasteiger partial charge >= 0.3 is 0 Å². The number of rotatable bonds is 7. The summed E-state index contributed by atoms with van der Waals surface area (Å²) in [6, 6.07) is 11.4. The Bertz CT molecular complexity index is 1200. The molecule has 2 heterocycles. The normalized spacial score (nSPS) is 11.2. The number of anilines is 1. The molecule has 0 radical (unpaired) electrons. The van der Waals surface area contributed by atoms with Crippen molar-refractivity contribution in [1.82, 2.24) is 20.1 Å². The van der Waals surface area contributed by atoms with Crippen LogP contribution in [0.3, 0.4) is 0 Å². The molecule has 4 rings (SSSR count). The van der Waals surface area contributed by atoms with Crippen molar-refractivity contribution < 1.29 is 9.32 Å². The third-order valence-electron chi connectivity index (χ3n) is 4.63. The zero-order valence-corrected chi connectivity index (χ0v) is 18.1. The molecule has 0 aliphatic carbocycles. The summed E-state index contributed by atoms with van der Waals surface area (Å²) in [6.07, 6.45) is 0.656. The van der Waals surface area contributed by atoms with Gasteiger partial charge in [-0.3, -0.25) is 4.79 Å². The maximum absolute atomic E-state index is 12.2. The van der Waals surface area contributed by atoms with Gasteiger partial charge in [0, 0.05) is 23.6 Å². The lowest BCUT2D eigenvalue weighted by atomic mass is 10.1. The zero-order chi connectivity index (χ0) is 21.1. The number of aryl methyl sites for hydroxylation is 3. The number of hydrogen-bond acceptors (Lipinski definition) is 6. The van der Waals surface area contributed by atoms with Gasteiger partial charge in [-0.2, -0.15) is 4.98 Å². The van der Waals surface area contributed by atoms with Crippen molar-refractivity contribution in [3.63, 3.8) is 0 Å². The van der Waals surface area contributed by atoms with Crippen LogP contribution in [0.15, 0.2) is 46.1 Å². The minimum atomic E-state index is -0.0895. The number of nitrogens with zero attached hydrogens (tertiary/aromatic N) is 3. The van der Waals surface area contributed by atoms with Gasteiger partial charge < -0.3 is 14.8 Å². The third kappa shape index (κ3) is 5.01. The van der Waals surface area contributed by atoms with E-state index in [1.54, 1.807) is 6.07 Å². The number of hydrogen-bond donors (Lipinski definition) is 2. The van der Waals surface area contributed by atoms with Gasteiger partial charge in [0.1, 0.15) is 0 Å². The predicted octanol–water partition coefficient (Wildman–Crippen LogP) is 5.08. The van der Waals surface area contributed by atoms with Crippen LogP contribution in [0, 0.1) is 13.8 Å². The Morgan fingerprint density at radius 2 is 2.03 bits per heavy atom. The highest BCUT2D eigenvalue weighted by molar-refractivity contribution is 7.98. The first kappa shape index (κ1) is 20.4. The van der Waals surface area contributed by atoms with Crippen molar-refractivity contribution in [3.05, 3.63) is 64.3 Å². The van der Waals surface area contributed by atoms with E-state index >= 15 is 0 Å². The Morgan fingerprint density at radius 3 is 2.87 bits per heavy atom. The topological polar surface area (TPSA) is 96.7 Å². The molecule has 30 heavy (non-hydrogen) atoms. The van der Waals surface area contributed by atoms with Crippen molar-refractivity contribution >= 4 is 46.0 Å². The van der Waals surface area contributed by atoms with Crippen molar-refractivity contribution in [1.29, 1.82) is 0 Å². The van der Waals surface area contributed by atoms with Crippen LogP contribution in [-0.4, -0.2) is 26.0 Å². The second kappa shape index (κ2) is 8.89. The van der Waals surface area contributed by atoms with Crippen molar-refractivity contribution in [2.24, 2.45) is 0 Å². The molecular weight excluding hydrogens is 422 g/mol. The van der Waals surface area contributed by atoms with Gasteiger partial charge in [-0.05, 0) is 55.3 Å². The van der Waals surface area contributed by atoms with E-state index < -0.39 is 0 Å². The first-order chi connectivity index (χ1) is 14.5. The Hall–Kier alpha value is -2.84. The average molecular weight is 442 g/mol. The van der Waals surface area contributed by atoms with Crippen molar-refractivity contribution in [2.75, 3.05) is 5.32 Å². The zero-order valence-electron chi connectivity index (χ0n) is 16.5. The molecule has 0 bridgehead atoms. The van der Waals surface area contributed by atoms with Gasteiger partial charge in [0.2, 0.25) is 11.8 Å². The lowest BCUT2D eigenvalue weighted by Gasteiger charge is -2.06. The number of halogens is 1. The van der Waals surface area contributed by atoms with Crippen LogP contribution in [0.25, 0.3) is 11.0 Å². The van der Waals surface area contributed by atoms with E-state index in [0.717, 1.165) is 27.4 Å². The quantitative estimate of drug-likeness (QED) is 0.388. The molecule has 4 aromatic rings. The summed E-state index contributed by atoms with van der Waals surface area (Å²) in [4.78, 5) is 24.2. The molecule has 0 spiro atoms. The van der Waals surface area contributed by atoms with E-state index in [9.17, 15) is 4.79 Å². The lowest BCUT2D eigenvalue weighted by Crippen LogP contribution is -2.12. The molecule has 0 aliphatic rings. The highest BCUT2D eigenvalue weighted by Gasteiger charge is 2.11. The number of fused-ring (bicyclic) bond motifs is 1. The molecule has 0 saturated heterocycles. The average Bonchev–Trinajstić information content (AvgIpc) is 3.33. The van der Waals surface area contributed by atoms with E-state index in [1.165, 1.54) is 17.3 Å². The predicted molar refractivity (Wildman–Crippen MR) is 118 cm³/mol. The number of nitrogens with one attached hydrogen (secondary N) is 2. The standard InChI is InChI=1S/C21H20ClN5O2S/c1-12-3-5-15(9-13(12)2)23-19(28)7-8-20-26-18(27-29-20)11-30-21-24-16-6-4-14(22)10-17(16)25-21/h3-6,9-10H,7-8,11H2,1-2H3,(H,23,28)(H,24,25). The number of amides is 1. The molecule has 0 fully saturated rings. The molecular formula is C21H20ClN5O2S. The molecule has 2 aromatic heterocycles. The summed E-state index contributed by atoms with van der Waals surface area (Å²) in [7, 11) is 0. The first-order valence-electron chi connectivity index (χ1n) is 9.43. The minimum absolute atomic E-state index is 0.0895. The van der Waals surface area contributed by atoms with Crippen LogP contribution in [0.5, 0.6) is 0 Å². The Morgan fingerprint density at radius 1 is 1.17 bits per heavy atom. The summed E-state index contributed by atoms with van der Waals surface area (Å²) in [5.41, 5.74) is 4.85. The molecule has 9 heteroatoms. The Kier molecular flexibility index (Phi) is 6.06. The molecule has 0 unspecified atom stereocenters. The van der Waals surface area contributed by atoms with Gasteiger partial charge in [-0.15, -0.1) is 0 Å². The summed E-state index contributed by atoms with van der Waals surface area (Å²) < 4.78 is 5.26. The van der Waals surface area contributed by atoms with Crippen LogP contribution in [0.1, 0.15) is 29.3 Å². The molecule has 7 nitrogen and oxygen atoms in total. The maximum atomic E-state index is 12.2. The van der Waals surface area contributed by atoms with Gasteiger partial charge in [0.05, 0.1) is 16.8 Å². The molecule has 2 aromatic carbocycles. The summed E-state index contributed by atoms with van der Waals surface area (Å²) in [5, 5.41) is 8.29. The van der Waals surface area contributed by atoms with Crippen molar-refractivity contribution in [2.45, 2.75) is 37.6 Å². The van der Waals surface area contributed by atoms with E-state index in [1.807, 2.05) is 44.2 Å². The van der Waals surface area contributed by atoms with E-state index in [-0.39, 0.29) is 12.3 Å². The Balaban J connectivity index is 1.28. The third-order valence-corrected chi connectivity index (χ3v) is 5.73. The molecule has 0 saturated carbocycles. The number of benzene rings is 2. The summed E-state index contributed by atoms with van der Waals surface area (Å²) >= 11 is 7.47. The van der Waals surface area contributed by atoms with Crippen LogP contribution < -0.4 is 5.32 Å². The highest BCUT2D eigenvalue weighted by Crippen LogP contribution is 2.24. The molecule has 0 aliphatic heterocycles. The number of aromatic amines is 1. The van der Waals surface area contributed by atoms with Gasteiger partial charge in [-0.1, -0.05) is 34.6 Å². The fourth-order valence-electron chi connectivity index (χ4n) is 2.87. The van der Waals surface area contributed by atoms with Crippen LogP contribution >= 0.6 is 23.4 Å². The monoisotopic (exact) mass is 441 g/mol. The van der Waals surface area contributed by atoms with Gasteiger partial charge in [-0.25, -0.2) is 4.98 Å². The highest BCUT2D eigenvalue weighted by atomic mass is 35.5. The van der Waals surface area contributed by atoms with Gasteiger partial charge in [0.15, 0.2) is 11.0 Å². The minimum Gasteiger partial charge on any atom is -0.339 e. The number of thioether (sulfide) groups is 1. The Labute approximate surface area is 182 Å². The fraction of sp³-hybridized carbons (Fsp3) is 0.238. The smallest absolute Gasteiger partial charge is 0.227 e. The summed E-state index contributed by atoms with van der Waals surface area (Å²) in [6.45, 7) is 4.06. The first-order valence-corrected chi connectivity index (χ1v) is 10.8. The fourth-order valence-corrected chi connectivity index (χ4v) is 3.77. The van der Waals surface area contributed by atoms with E-state index in [4.69, 9.17) is 16.1 Å².